The fraction of sp³-hybridized carbons (Fsp3) is 0.357. The smallest absolute Gasteiger partial charge is 0.324 e. The number of likely N-dealkylation sites (tertiary alicyclic amines) is 1. The zero-order valence-electron chi connectivity index (χ0n) is 11.7. The molecule has 6 nitrogen and oxygen atoms in total. The second-order valence-electron chi connectivity index (χ2n) is 4.80. The van der Waals surface area contributed by atoms with E-state index in [1.54, 1.807) is 12.6 Å². The molecule has 1 saturated heterocycles. The van der Waals surface area contributed by atoms with Gasteiger partial charge in [0, 0.05) is 6.54 Å². The maximum atomic E-state index is 12.3. The fourth-order valence-corrected chi connectivity index (χ4v) is 3.01. The summed E-state index contributed by atoms with van der Waals surface area (Å²) in [6.45, 7) is 0.751. The molecule has 1 unspecified atom stereocenters. The first-order valence-electron chi connectivity index (χ1n) is 6.75. The van der Waals surface area contributed by atoms with Gasteiger partial charge in [0.05, 0.1) is 13.2 Å². The molecule has 2 amide bonds. The van der Waals surface area contributed by atoms with Gasteiger partial charge in [0.15, 0.2) is 0 Å². The zero-order chi connectivity index (χ0) is 14.7. The number of rotatable bonds is 3. The lowest BCUT2D eigenvalue weighted by Crippen LogP contribution is -2.34. The molecule has 21 heavy (non-hydrogen) atoms. The van der Waals surface area contributed by atoms with E-state index >= 15 is 0 Å². The number of aromatic nitrogens is 2. The third kappa shape index (κ3) is 2.97. The monoisotopic (exact) mass is 304 g/mol. The Bertz CT molecular complexity index is 600. The molecule has 110 valence electrons. The van der Waals surface area contributed by atoms with Crippen molar-refractivity contribution >= 4 is 22.5 Å². The lowest BCUT2D eigenvalue weighted by atomic mass is 10.0. The van der Waals surface area contributed by atoms with Crippen LogP contribution in [0.1, 0.15) is 24.4 Å². The van der Waals surface area contributed by atoms with Crippen molar-refractivity contribution in [2.75, 3.05) is 19.0 Å². The molecular weight excluding hydrogens is 288 g/mol. The summed E-state index contributed by atoms with van der Waals surface area (Å²) in [7, 11) is 1.65. The van der Waals surface area contributed by atoms with Gasteiger partial charge in [-0.05, 0) is 30.5 Å². The largest absolute Gasteiger partial charge is 0.497 e. The van der Waals surface area contributed by atoms with Crippen molar-refractivity contribution in [1.29, 1.82) is 0 Å². The topological polar surface area (TPSA) is 67.3 Å². The van der Waals surface area contributed by atoms with Crippen LogP contribution in [0.3, 0.4) is 0 Å². The Morgan fingerprint density at radius 2 is 2.24 bits per heavy atom. The second kappa shape index (κ2) is 6.09. The number of ether oxygens (including phenoxy) is 1. The van der Waals surface area contributed by atoms with Gasteiger partial charge in [-0.2, -0.15) is 0 Å². The van der Waals surface area contributed by atoms with Gasteiger partial charge in [-0.15, -0.1) is 10.2 Å². The number of methoxy groups -OCH3 is 1. The van der Waals surface area contributed by atoms with E-state index in [9.17, 15) is 4.79 Å². The van der Waals surface area contributed by atoms with Crippen LogP contribution in [0.5, 0.6) is 5.75 Å². The number of carbonyl (C=O) groups excluding carboxylic acids is 1. The summed E-state index contributed by atoms with van der Waals surface area (Å²) >= 11 is 1.31. The highest BCUT2D eigenvalue weighted by Gasteiger charge is 2.30. The highest BCUT2D eigenvalue weighted by Crippen LogP contribution is 2.33. The normalized spacial score (nSPS) is 17.8. The van der Waals surface area contributed by atoms with Gasteiger partial charge >= 0.3 is 6.03 Å². The third-order valence-electron chi connectivity index (χ3n) is 3.59. The summed E-state index contributed by atoms with van der Waals surface area (Å²) in [6, 6.07) is 7.86. The quantitative estimate of drug-likeness (QED) is 0.946. The summed E-state index contributed by atoms with van der Waals surface area (Å²) in [5.74, 6) is 0.821. The van der Waals surface area contributed by atoms with Crippen molar-refractivity contribution in [3.8, 4) is 5.75 Å². The molecule has 2 aromatic rings. The number of hydrogen-bond donors (Lipinski definition) is 1. The lowest BCUT2D eigenvalue weighted by Gasteiger charge is -2.24. The molecule has 0 spiro atoms. The molecule has 1 atom stereocenters. The van der Waals surface area contributed by atoms with Crippen molar-refractivity contribution in [2.24, 2.45) is 0 Å². The molecule has 0 saturated carbocycles. The Morgan fingerprint density at radius 1 is 1.43 bits per heavy atom. The number of nitrogens with one attached hydrogen (secondary N) is 1. The minimum absolute atomic E-state index is 0.101. The van der Waals surface area contributed by atoms with Crippen LogP contribution in [0.15, 0.2) is 29.8 Å². The Balaban J connectivity index is 1.73. The first kappa shape index (κ1) is 13.8. The number of nitrogens with zero attached hydrogens (tertiary/aromatic N) is 3. The van der Waals surface area contributed by atoms with Gasteiger partial charge in [-0.25, -0.2) is 4.79 Å². The predicted molar refractivity (Wildman–Crippen MR) is 80.6 cm³/mol. The summed E-state index contributed by atoms with van der Waals surface area (Å²) < 4.78 is 5.17. The molecule has 1 fully saturated rings. The maximum absolute atomic E-state index is 12.3. The molecule has 0 bridgehead atoms. The van der Waals surface area contributed by atoms with Crippen molar-refractivity contribution in [2.45, 2.75) is 18.9 Å². The minimum atomic E-state index is -0.120. The highest BCUT2D eigenvalue weighted by atomic mass is 32.1. The summed E-state index contributed by atoms with van der Waals surface area (Å²) in [4.78, 5) is 14.2. The van der Waals surface area contributed by atoms with Crippen LogP contribution in [-0.4, -0.2) is 34.8 Å². The molecule has 1 aliphatic rings. The summed E-state index contributed by atoms with van der Waals surface area (Å²) in [5.41, 5.74) is 2.72. The molecule has 0 radical (unpaired) electrons. The van der Waals surface area contributed by atoms with Crippen LogP contribution in [0.25, 0.3) is 0 Å². The van der Waals surface area contributed by atoms with E-state index in [4.69, 9.17) is 4.74 Å². The Hall–Kier alpha value is -2.15. The van der Waals surface area contributed by atoms with Crippen molar-refractivity contribution < 1.29 is 9.53 Å². The summed E-state index contributed by atoms with van der Waals surface area (Å²) in [6.07, 6.45) is 1.97. The fourth-order valence-electron chi connectivity index (χ4n) is 2.57. The van der Waals surface area contributed by atoms with Crippen molar-refractivity contribution in [3.05, 3.63) is 35.3 Å². The van der Waals surface area contributed by atoms with Crippen LogP contribution < -0.4 is 10.1 Å². The van der Waals surface area contributed by atoms with E-state index in [2.05, 4.69) is 15.5 Å². The molecule has 1 aliphatic heterocycles. The van der Waals surface area contributed by atoms with E-state index in [1.165, 1.54) is 11.3 Å². The van der Waals surface area contributed by atoms with Crippen LogP contribution in [0, 0.1) is 0 Å². The standard InChI is InChI=1S/C14H16N4O2S/c1-20-11-6-4-10(5-7-11)12-3-2-8-18(12)14(19)16-13-17-15-9-21-13/h4-7,9,12H,2-3,8H2,1H3,(H,16,17,19). The maximum Gasteiger partial charge on any atom is 0.324 e. The molecule has 1 aromatic heterocycles. The van der Waals surface area contributed by atoms with Crippen LogP contribution in [0.2, 0.25) is 0 Å². The second-order valence-corrected chi connectivity index (χ2v) is 5.63. The average Bonchev–Trinajstić information content (AvgIpc) is 3.18. The van der Waals surface area contributed by atoms with Crippen LogP contribution in [-0.2, 0) is 0 Å². The van der Waals surface area contributed by atoms with Crippen molar-refractivity contribution in [1.82, 2.24) is 15.1 Å². The molecule has 3 rings (SSSR count). The first-order valence-corrected chi connectivity index (χ1v) is 7.63. The van der Waals surface area contributed by atoms with Gasteiger partial charge in [0.1, 0.15) is 11.3 Å². The molecule has 0 aliphatic carbocycles. The van der Waals surface area contributed by atoms with Crippen LogP contribution >= 0.6 is 11.3 Å². The first-order chi connectivity index (χ1) is 10.3. The van der Waals surface area contributed by atoms with Gasteiger partial charge < -0.3 is 9.64 Å². The van der Waals surface area contributed by atoms with Crippen molar-refractivity contribution in [3.63, 3.8) is 0 Å². The highest BCUT2D eigenvalue weighted by molar-refractivity contribution is 7.13. The van der Waals surface area contributed by atoms with E-state index in [1.807, 2.05) is 29.2 Å². The van der Waals surface area contributed by atoms with Gasteiger partial charge in [-0.1, -0.05) is 23.5 Å². The summed E-state index contributed by atoms with van der Waals surface area (Å²) in [5, 5.41) is 10.9. The predicted octanol–water partition coefficient (Wildman–Crippen LogP) is 2.92. The van der Waals surface area contributed by atoms with E-state index in [-0.39, 0.29) is 12.1 Å². The molecule has 1 aromatic carbocycles. The Morgan fingerprint density at radius 3 is 2.90 bits per heavy atom. The number of benzene rings is 1. The number of amides is 2. The van der Waals surface area contributed by atoms with E-state index in [0.717, 1.165) is 30.7 Å². The molecule has 7 heteroatoms. The lowest BCUT2D eigenvalue weighted by molar-refractivity contribution is 0.207. The average molecular weight is 304 g/mol. The van der Waals surface area contributed by atoms with Crippen LogP contribution in [0.4, 0.5) is 9.93 Å². The van der Waals surface area contributed by atoms with Gasteiger partial charge in [-0.3, -0.25) is 5.32 Å². The Kier molecular flexibility index (Phi) is 4.01. The molecule has 2 heterocycles. The number of carbonyl (C=O) groups is 1. The van der Waals surface area contributed by atoms with E-state index in [0.29, 0.717) is 5.13 Å². The Labute approximate surface area is 126 Å². The molecular formula is C14H16N4O2S. The third-order valence-corrected chi connectivity index (χ3v) is 4.19. The van der Waals surface area contributed by atoms with Gasteiger partial charge in [0.25, 0.3) is 0 Å². The van der Waals surface area contributed by atoms with E-state index < -0.39 is 0 Å². The van der Waals surface area contributed by atoms with Gasteiger partial charge in [0.2, 0.25) is 5.13 Å². The zero-order valence-corrected chi connectivity index (χ0v) is 12.5. The number of urea groups is 1. The SMILES string of the molecule is COc1ccc(C2CCCN2C(=O)Nc2nncs2)cc1. The minimum Gasteiger partial charge on any atom is -0.497 e. The molecule has 1 N–H and O–H groups in total. The number of hydrogen-bond acceptors (Lipinski definition) is 5. The number of anilines is 1.